The van der Waals surface area contributed by atoms with Gasteiger partial charge in [0.25, 0.3) is 0 Å². The van der Waals surface area contributed by atoms with Gasteiger partial charge in [0.1, 0.15) is 23.6 Å². The number of halogens is 2. The maximum Gasteiger partial charge on any atom is 0.140 e. The van der Waals surface area contributed by atoms with E-state index in [2.05, 4.69) is 32.2 Å². The molecule has 2 aromatic carbocycles. The molecule has 1 fully saturated rings. The Morgan fingerprint density at radius 1 is 1.15 bits per heavy atom. The fourth-order valence-corrected chi connectivity index (χ4v) is 3.15. The first-order chi connectivity index (χ1) is 12.3. The largest absolute Gasteiger partial charge is 0.494 e. The van der Waals surface area contributed by atoms with Crippen LogP contribution in [0.1, 0.15) is 56.7 Å². The smallest absolute Gasteiger partial charge is 0.140 e. The first-order valence-electron chi connectivity index (χ1n) is 8.90. The van der Waals surface area contributed by atoms with Crippen molar-refractivity contribution in [2.24, 2.45) is 0 Å². The highest BCUT2D eigenvalue weighted by atomic mass is 19.1. The zero-order valence-electron chi connectivity index (χ0n) is 15.6. The normalized spacial score (nSPS) is 20.4. The van der Waals surface area contributed by atoms with Crippen molar-refractivity contribution < 1.29 is 18.3 Å². The molecule has 0 spiro atoms. The Morgan fingerprint density at radius 2 is 1.85 bits per heavy atom. The molecule has 1 aliphatic heterocycles. The third-order valence-electron chi connectivity index (χ3n) is 4.60. The summed E-state index contributed by atoms with van der Waals surface area (Å²) in [6.07, 6.45) is -0.821. The van der Waals surface area contributed by atoms with E-state index in [-0.39, 0.29) is 17.0 Å². The van der Waals surface area contributed by atoms with E-state index < -0.39 is 17.9 Å². The molecule has 1 N–H and O–H groups in total. The van der Waals surface area contributed by atoms with Gasteiger partial charge in [-0.25, -0.2) is 8.78 Å². The van der Waals surface area contributed by atoms with Crippen LogP contribution in [-0.2, 0) is 10.2 Å². The van der Waals surface area contributed by atoms with E-state index >= 15 is 0 Å². The molecular formula is C21H25F2NO2. The Kier molecular flexibility index (Phi) is 5.30. The molecule has 0 saturated carbocycles. The van der Waals surface area contributed by atoms with E-state index in [9.17, 15) is 8.78 Å². The zero-order chi connectivity index (χ0) is 18.9. The van der Waals surface area contributed by atoms with Gasteiger partial charge in [-0.1, -0.05) is 39.0 Å². The lowest BCUT2D eigenvalue weighted by Crippen LogP contribution is -2.21. The molecule has 1 heterocycles. The van der Waals surface area contributed by atoms with Crippen LogP contribution >= 0.6 is 0 Å². The summed E-state index contributed by atoms with van der Waals surface area (Å²) in [5.41, 5.74) is 2.02. The molecule has 2 atom stereocenters. The van der Waals surface area contributed by atoms with E-state index in [1.165, 1.54) is 23.8 Å². The minimum Gasteiger partial charge on any atom is -0.494 e. The monoisotopic (exact) mass is 361 g/mol. The molecule has 0 aromatic heterocycles. The summed E-state index contributed by atoms with van der Waals surface area (Å²) in [6.45, 7) is 9.22. The standard InChI is InChI=1S/C21H25F2NO2/c1-5-25-18-11-13(21(2,3)4)9-10-14(18)17-12-26-20(24-17)19-15(22)7-6-8-16(19)23/h6-11,17,20,24H,5,12H2,1-4H3. The number of nitrogens with one attached hydrogen (secondary N) is 1. The molecule has 5 heteroatoms. The van der Waals surface area contributed by atoms with E-state index in [0.29, 0.717) is 13.2 Å². The molecule has 140 valence electrons. The summed E-state index contributed by atoms with van der Waals surface area (Å²) in [5, 5.41) is 3.18. The molecule has 2 unspecified atom stereocenters. The van der Waals surface area contributed by atoms with Crippen LogP contribution in [0.5, 0.6) is 5.75 Å². The molecular weight excluding hydrogens is 336 g/mol. The van der Waals surface area contributed by atoms with E-state index in [1.807, 2.05) is 19.1 Å². The van der Waals surface area contributed by atoms with Crippen LogP contribution in [0.15, 0.2) is 36.4 Å². The predicted octanol–water partition coefficient (Wildman–Crippen LogP) is 5.02. The van der Waals surface area contributed by atoms with Gasteiger partial charge in [-0.15, -0.1) is 0 Å². The maximum atomic E-state index is 14.0. The number of benzene rings is 2. The fourth-order valence-electron chi connectivity index (χ4n) is 3.15. The van der Waals surface area contributed by atoms with Crippen LogP contribution in [0, 0.1) is 11.6 Å². The third-order valence-corrected chi connectivity index (χ3v) is 4.60. The van der Waals surface area contributed by atoms with Gasteiger partial charge in [0.05, 0.1) is 24.8 Å². The molecule has 1 aliphatic rings. The highest BCUT2D eigenvalue weighted by molar-refractivity contribution is 5.42. The fraction of sp³-hybridized carbons (Fsp3) is 0.429. The Morgan fingerprint density at radius 3 is 2.46 bits per heavy atom. The van der Waals surface area contributed by atoms with E-state index in [0.717, 1.165) is 11.3 Å². The lowest BCUT2D eigenvalue weighted by Gasteiger charge is -2.23. The topological polar surface area (TPSA) is 30.5 Å². The Labute approximate surface area is 153 Å². The molecule has 0 aliphatic carbocycles. The minimum atomic E-state index is -0.821. The molecule has 0 radical (unpaired) electrons. The van der Waals surface area contributed by atoms with Crippen LogP contribution in [0.4, 0.5) is 8.78 Å². The van der Waals surface area contributed by atoms with E-state index in [4.69, 9.17) is 9.47 Å². The van der Waals surface area contributed by atoms with Crippen molar-refractivity contribution in [2.45, 2.75) is 45.4 Å². The van der Waals surface area contributed by atoms with Crippen molar-refractivity contribution in [1.82, 2.24) is 5.32 Å². The van der Waals surface area contributed by atoms with Crippen molar-refractivity contribution >= 4 is 0 Å². The molecule has 0 bridgehead atoms. The van der Waals surface area contributed by atoms with Gasteiger partial charge in [-0.2, -0.15) is 0 Å². The first-order valence-corrected chi connectivity index (χ1v) is 8.90. The minimum absolute atomic E-state index is 0.00279. The summed E-state index contributed by atoms with van der Waals surface area (Å²) in [4.78, 5) is 0. The predicted molar refractivity (Wildman–Crippen MR) is 97.2 cm³/mol. The van der Waals surface area contributed by atoms with Crippen molar-refractivity contribution in [3.63, 3.8) is 0 Å². The van der Waals surface area contributed by atoms with Crippen LogP contribution in [0.2, 0.25) is 0 Å². The van der Waals surface area contributed by atoms with Gasteiger partial charge in [0.2, 0.25) is 0 Å². The summed E-state index contributed by atoms with van der Waals surface area (Å²) in [7, 11) is 0. The third kappa shape index (κ3) is 3.74. The lowest BCUT2D eigenvalue weighted by atomic mass is 9.86. The second kappa shape index (κ2) is 7.33. The second-order valence-electron chi connectivity index (χ2n) is 7.50. The Hall–Kier alpha value is -1.98. The van der Waals surface area contributed by atoms with Gasteiger partial charge >= 0.3 is 0 Å². The number of hydrogen-bond donors (Lipinski definition) is 1. The molecule has 26 heavy (non-hydrogen) atoms. The second-order valence-corrected chi connectivity index (χ2v) is 7.50. The quantitative estimate of drug-likeness (QED) is 0.829. The lowest BCUT2D eigenvalue weighted by molar-refractivity contribution is 0.0944. The van der Waals surface area contributed by atoms with Crippen LogP contribution in [-0.4, -0.2) is 13.2 Å². The zero-order valence-corrected chi connectivity index (χ0v) is 15.6. The Balaban J connectivity index is 1.88. The van der Waals surface area contributed by atoms with Crippen LogP contribution < -0.4 is 10.1 Å². The van der Waals surface area contributed by atoms with Gasteiger partial charge in [0.15, 0.2) is 0 Å². The van der Waals surface area contributed by atoms with Crippen molar-refractivity contribution in [1.29, 1.82) is 0 Å². The van der Waals surface area contributed by atoms with Gasteiger partial charge in [-0.3, -0.25) is 5.32 Å². The summed E-state index contributed by atoms with van der Waals surface area (Å²) < 4.78 is 39.5. The average molecular weight is 361 g/mol. The van der Waals surface area contributed by atoms with Crippen LogP contribution in [0.25, 0.3) is 0 Å². The SMILES string of the molecule is CCOc1cc(C(C)(C)C)ccc1C1COC(c2c(F)cccc2F)N1. The van der Waals surface area contributed by atoms with Crippen molar-refractivity contribution in [3.05, 3.63) is 64.7 Å². The maximum absolute atomic E-state index is 14.0. The molecule has 0 amide bonds. The molecule has 1 saturated heterocycles. The summed E-state index contributed by atoms with van der Waals surface area (Å²) in [6, 6.07) is 9.73. The number of rotatable bonds is 4. The number of ether oxygens (including phenoxy) is 2. The van der Waals surface area contributed by atoms with E-state index in [1.54, 1.807) is 0 Å². The molecule has 2 aromatic rings. The number of hydrogen-bond acceptors (Lipinski definition) is 3. The highest BCUT2D eigenvalue weighted by Crippen LogP contribution is 2.37. The van der Waals surface area contributed by atoms with Gasteiger partial charge < -0.3 is 9.47 Å². The van der Waals surface area contributed by atoms with Crippen molar-refractivity contribution in [2.75, 3.05) is 13.2 Å². The summed E-state index contributed by atoms with van der Waals surface area (Å²) >= 11 is 0. The first kappa shape index (κ1) is 18.8. The molecule has 3 nitrogen and oxygen atoms in total. The molecule has 3 rings (SSSR count). The van der Waals surface area contributed by atoms with Crippen LogP contribution in [0.3, 0.4) is 0 Å². The van der Waals surface area contributed by atoms with Gasteiger partial charge in [0, 0.05) is 5.56 Å². The average Bonchev–Trinajstić information content (AvgIpc) is 3.03. The Bertz CT molecular complexity index is 766. The highest BCUT2D eigenvalue weighted by Gasteiger charge is 2.32. The van der Waals surface area contributed by atoms with Gasteiger partial charge in [-0.05, 0) is 36.1 Å². The summed E-state index contributed by atoms with van der Waals surface area (Å²) in [5.74, 6) is -0.455. The van der Waals surface area contributed by atoms with Crippen molar-refractivity contribution in [3.8, 4) is 5.75 Å².